The molecule has 3 rings (SSSR count). The molecule has 2 nitrogen and oxygen atoms in total. The topological polar surface area (TPSA) is 29.8 Å². The molecule has 0 radical (unpaired) electrons. The summed E-state index contributed by atoms with van der Waals surface area (Å²) >= 11 is 0. The van der Waals surface area contributed by atoms with E-state index in [1.807, 2.05) is 12.1 Å². The van der Waals surface area contributed by atoms with Gasteiger partial charge in [0.15, 0.2) is 0 Å². The van der Waals surface area contributed by atoms with Gasteiger partial charge in [0.05, 0.1) is 6.54 Å². The monoisotopic (exact) mass is 226 g/mol. The molecule has 0 unspecified atom stereocenters. The maximum Gasteiger partial charge on any atom is 0.144 e. The highest BCUT2D eigenvalue weighted by molar-refractivity contribution is 6.05. The molecule has 2 N–H and O–H groups in total. The van der Waals surface area contributed by atoms with Gasteiger partial charge in [-0.25, -0.2) is 0 Å². The van der Waals surface area contributed by atoms with Gasteiger partial charge in [0, 0.05) is 16.3 Å². The molecule has 0 aliphatic carbocycles. The van der Waals surface area contributed by atoms with Gasteiger partial charge in [-0.1, -0.05) is 30.3 Å². The van der Waals surface area contributed by atoms with Crippen LogP contribution in [0.2, 0.25) is 0 Å². The fourth-order valence-corrected chi connectivity index (χ4v) is 2.27. The number of nitrogens with two attached hydrogens (primary N) is 1. The van der Waals surface area contributed by atoms with Crippen LogP contribution in [-0.2, 0) is 6.54 Å². The van der Waals surface area contributed by atoms with Crippen molar-refractivity contribution in [2.24, 2.45) is 0 Å². The van der Waals surface area contributed by atoms with Crippen LogP contribution in [0.1, 0.15) is 12.5 Å². The quantitative estimate of drug-likeness (QED) is 0.731. The summed E-state index contributed by atoms with van der Waals surface area (Å²) in [5.74, 6) is 0. The normalized spacial score (nSPS) is 11.4. The first-order chi connectivity index (χ1) is 8.40. The molecule has 0 atom stereocenters. The fraction of sp³-hybridized carbons (Fsp3) is 0.200. The minimum absolute atomic E-state index is 0.978. The third kappa shape index (κ3) is 1.71. The summed E-state index contributed by atoms with van der Waals surface area (Å²) in [5.41, 5.74) is 3.30. The lowest BCUT2D eigenvalue weighted by atomic mass is 10.1. The zero-order valence-electron chi connectivity index (χ0n) is 9.94. The summed E-state index contributed by atoms with van der Waals surface area (Å²) < 4.78 is 5.96. The van der Waals surface area contributed by atoms with Gasteiger partial charge in [0.2, 0.25) is 0 Å². The zero-order valence-corrected chi connectivity index (χ0v) is 9.94. The van der Waals surface area contributed by atoms with Crippen LogP contribution in [0.3, 0.4) is 0 Å². The van der Waals surface area contributed by atoms with Crippen LogP contribution in [-0.4, -0.2) is 6.54 Å². The molecule has 2 heteroatoms. The van der Waals surface area contributed by atoms with Gasteiger partial charge in [-0.3, -0.25) is 0 Å². The second-order valence-electron chi connectivity index (χ2n) is 4.29. The standard InChI is InChI=1S/C15H15NO/c1-2-16-10-11-6-5-8-13-12-7-3-4-9-14(12)17-15(11)13/h3-9,16H,2,10H2,1H3/p+1. The predicted molar refractivity (Wildman–Crippen MR) is 69.9 cm³/mol. The van der Waals surface area contributed by atoms with Gasteiger partial charge >= 0.3 is 0 Å². The first-order valence-corrected chi connectivity index (χ1v) is 6.11. The van der Waals surface area contributed by atoms with E-state index in [0.717, 1.165) is 24.3 Å². The zero-order chi connectivity index (χ0) is 11.7. The van der Waals surface area contributed by atoms with Gasteiger partial charge in [-0.2, -0.15) is 0 Å². The van der Waals surface area contributed by atoms with Crippen LogP contribution in [0.5, 0.6) is 0 Å². The van der Waals surface area contributed by atoms with Crippen molar-refractivity contribution in [3.8, 4) is 0 Å². The molecule has 17 heavy (non-hydrogen) atoms. The Morgan fingerprint density at radius 2 is 1.82 bits per heavy atom. The predicted octanol–water partition coefficient (Wildman–Crippen LogP) is 2.67. The third-order valence-corrected chi connectivity index (χ3v) is 3.14. The second kappa shape index (κ2) is 4.22. The van der Waals surface area contributed by atoms with Crippen LogP contribution >= 0.6 is 0 Å². The lowest BCUT2D eigenvalue weighted by molar-refractivity contribution is -0.667. The highest BCUT2D eigenvalue weighted by Crippen LogP contribution is 2.30. The van der Waals surface area contributed by atoms with Crippen LogP contribution in [0.25, 0.3) is 21.9 Å². The van der Waals surface area contributed by atoms with Crippen molar-refractivity contribution in [3.63, 3.8) is 0 Å². The Kier molecular flexibility index (Phi) is 2.57. The van der Waals surface area contributed by atoms with Crippen LogP contribution < -0.4 is 5.32 Å². The highest BCUT2D eigenvalue weighted by Gasteiger charge is 2.10. The maximum absolute atomic E-state index is 5.96. The Bertz CT molecular complexity index is 654. The van der Waals surface area contributed by atoms with E-state index in [1.54, 1.807) is 0 Å². The third-order valence-electron chi connectivity index (χ3n) is 3.14. The first kappa shape index (κ1) is 10.4. The highest BCUT2D eigenvalue weighted by atomic mass is 16.3. The van der Waals surface area contributed by atoms with Crippen molar-refractivity contribution in [1.29, 1.82) is 0 Å². The number of para-hydroxylation sites is 2. The number of hydrogen-bond donors (Lipinski definition) is 1. The molecular formula is C15H16NO+. The van der Waals surface area contributed by atoms with E-state index in [0.29, 0.717) is 0 Å². The van der Waals surface area contributed by atoms with Crippen LogP contribution in [0, 0.1) is 0 Å². The van der Waals surface area contributed by atoms with Crippen molar-refractivity contribution in [2.45, 2.75) is 13.5 Å². The van der Waals surface area contributed by atoms with Gasteiger partial charge < -0.3 is 9.73 Å². The van der Waals surface area contributed by atoms with E-state index in [9.17, 15) is 0 Å². The summed E-state index contributed by atoms with van der Waals surface area (Å²) in [4.78, 5) is 0. The number of fused-ring (bicyclic) bond motifs is 3. The summed E-state index contributed by atoms with van der Waals surface area (Å²) in [6.07, 6.45) is 0. The number of hydrogen-bond acceptors (Lipinski definition) is 1. The average molecular weight is 226 g/mol. The molecule has 1 heterocycles. The Labute approximate surface area is 100 Å². The first-order valence-electron chi connectivity index (χ1n) is 6.11. The van der Waals surface area contributed by atoms with Gasteiger partial charge in [0.1, 0.15) is 17.7 Å². The molecule has 1 aromatic heterocycles. The largest absolute Gasteiger partial charge is 0.456 e. The molecule has 86 valence electrons. The van der Waals surface area contributed by atoms with E-state index in [1.165, 1.54) is 16.3 Å². The molecular weight excluding hydrogens is 210 g/mol. The van der Waals surface area contributed by atoms with Crippen molar-refractivity contribution in [3.05, 3.63) is 48.0 Å². The number of benzene rings is 2. The summed E-state index contributed by atoms with van der Waals surface area (Å²) in [6, 6.07) is 14.6. The molecule has 2 aromatic carbocycles. The molecule has 0 spiro atoms. The number of quaternary nitrogens is 1. The Hall–Kier alpha value is -1.80. The van der Waals surface area contributed by atoms with Crippen LogP contribution in [0.4, 0.5) is 0 Å². The van der Waals surface area contributed by atoms with Crippen molar-refractivity contribution >= 4 is 21.9 Å². The molecule has 0 saturated heterocycles. The second-order valence-corrected chi connectivity index (χ2v) is 4.29. The van der Waals surface area contributed by atoms with E-state index in [-0.39, 0.29) is 0 Å². The smallest absolute Gasteiger partial charge is 0.144 e. The average Bonchev–Trinajstić information content (AvgIpc) is 2.75. The Morgan fingerprint density at radius 3 is 2.71 bits per heavy atom. The van der Waals surface area contributed by atoms with Gasteiger partial charge in [0.25, 0.3) is 0 Å². The summed E-state index contributed by atoms with van der Waals surface area (Å²) in [5, 5.41) is 4.71. The molecule has 0 fully saturated rings. The number of rotatable bonds is 3. The van der Waals surface area contributed by atoms with Crippen molar-refractivity contribution in [1.82, 2.24) is 0 Å². The fourth-order valence-electron chi connectivity index (χ4n) is 2.27. The van der Waals surface area contributed by atoms with Gasteiger partial charge in [-0.05, 0) is 19.1 Å². The Balaban J connectivity index is 2.24. The number of furan rings is 1. The molecule has 0 saturated carbocycles. The molecule has 0 amide bonds. The molecule has 3 aromatic rings. The minimum Gasteiger partial charge on any atom is -0.456 e. The lowest BCUT2D eigenvalue weighted by Crippen LogP contribution is -2.81. The molecule has 0 aliphatic heterocycles. The molecule has 0 bridgehead atoms. The Morgan fingerprint density at radius 1 is 1.00 bits per heavy atom. The van der Waals surface area contributed by atoms with E-state index < -0.39 is 0 Å². The van der Waals surface area contributed by atoms with E-state index >= 15 is 0 Å². The maximum atomic E-state index is 5.96. The van der Waals surface area contributed by atoms with E-state index in [2.05, 4.69) is 42.6 Å². The van der Waals surface area contributed by atoms with E-state index in [4.69, 9.17) is 4.42 Å². The summed E-state index contributed by atoms with van der Waals surface area (Å²) in [7, 11) is 0. The molecule has 0 aliphatic rings. The lowest BCUT2D eigenvalue weighted by Gasteiger charge is -1.99. The van der Waals surface area contributed by atoms with Crippen LogP contribution in [0.15, 0.2) is 46.9 Å². The van der Waals surface area contributed by atoms with Crippen molar-refractivity contribution in [2.75, 3.05) is 6.54 Å². The van der Waals surface area contributed by atoms with Gasteiger partial charge in [-0.15, -0.1) is 0 Å². The summed E-state index contributed by atoms with van der Waals surface area (Å²) in [6.45, 7) is 4.24. The minimum atomic E-state index is 0.978. The SMILES string of the molecule is CC[NH2+]Cc1cccc2c1oc1ccccc12. The van der Waals surface area contributed by atoms with Crippen molar-refractivity contribution < 1.29 is 9.73 Å².